The van der Waals surface area contributed by atoms with Gasteiger partial charge in [-0.15, -0.1) is 0 Å². The van der Waals surface area contributed by atoms with Gasteiger partial charge in [-0.05, 0) is 31.2 Å². The van der Waals surface area contributed by atoms with Crippen LogP contribution in [0.2, 0.25) is 5.02 Å². The minimum atomic E-state index is 0.595. The SMILES string of the molecule is CN1CCNCC1Cc1cccc(Cl)c1. The summed E-state index contributed by atoms with van der Waals surface area (Å²) in [5, 5.41) is 4.26. The van der Waals surface area contributed by atoms with Gasteiger partial charge in [-0.25, -0.2) is 0 Å². The van der Waals surface area contributed by atoms with Crippen molar-refractivity contribution in [3.05, 3.63) is 34.9 Å². The molecule has 0 spiro atoms. The zero-order valence-electron chi connectivity index (χ0n) is 9.04. The van der Waals surface area contributed by atoms with Gasteiger partial charge >= 0.3 is 0 Å². The molecular formula is C12H17ClN2. The third-order valence-electron chi connectivity index (χ3n) is 3.00. The second-order valence-electron chi connectivity index (χ2n) is 4.17. The highest BCUT2D eigenvalue weighted by molar-refractivity contribution is 6.30. The molecule has 1 heterocycles. The summed E-state index contributed by atoms with van der Waals surface area (Å²) < 4.78 is 0. The molecule has 2 nitrogen and oxygen atoms in total. The Bertz CT molecular complexity index is 327. The van der Waals surface area contributed by atoms with E-state index in [1.807, 2.05) is 12.1 Å². The highest BCUT2D eigenvalue weighted by atomic mass is 35.5. The van der Waals surface area contributed by atoms with E-state index in [9.17, 15) is 0 Å². The topological polar surface area (TPSA) is 15.3 Å². The van der Waals surface area contributed by atoms with Crippen molar-refractivity contribution in [3.63, 3.8) is 0 Å². The van der Waals surface area contributed by atoms with Crippen LogP contribution in [-0.2, 0) is 6.42 Å². The van der Waals surface area contributed by atoms with Crippen molar-refractivity contribution < 1.29 is 0 Å². The van der Waals surface area contributed by atoms with Gasteiger partial charge in [-0.3, -0.25) is 0 Å². The first-order valence-corrected chi connectivity index (χ1v) is 5.79. The van der Waals surface area contributed by atoms with E-state index in [1.54, 1.807) is 0 Å². The molecule has 2 rings (SSSR count). The Kier molecular flexibility index (Phi) is 3.62. The largest absolute Gasteiger partial charge is 0.314 e. The van der Waals surface area contributed by atoms with E-state index in [-0.39, 0.29) is 0 Å². The van der Waals surface area contributed by atoms with E-state index < -0.39 is 0 Å². The van der Waals surface area contributed by atoms with E-state index in [0.717, 1.165) is 31.1 Å². The third-order valence-corrected chi connectivity index (χ3v) is 3.24. The summed E-state index contributed by atoms with van der Waals surface area (Å²) in [6.07, 6.45) is 1.07. The molecule has 0 amide bonds. The maximum absolute atomic E-state index is 5.97. The molecule has 0 saturated carbocycles. The molecule has 1 N–H and O–H groups in total. The Morgan fingerprint density at radius 1 is 1.53 bits per heavy atom. The van der Waals surface area contributed by atoms with Crippen LogP contribution in [0.4, 0.5) is 0 Å². The molecule has 3 heteroatoms. The molecule has 0 aromatic heterocycles. The minimum absolute atomic E-state index is 0.595. The number of nitrogens with zero attached hydrogens (tertiary/aromatic N) is 1. The first-order valence-electron chi connectivity index (χ1n) is 5.41. The quantitative estimate of drug-likeness (QED) is 0.824. The average Bonchev–Trinajstić information content (AvgIpc) is 2.22. The van der Waals surface area contributed by atoms with E-state index in [4.69, 9.17) is 11.6 Å². The standard InChI is InChI=1S/C12H17ClN2/c1-15-6-5-14-9-12(15)8-10-3-2-4-11(13)7-10/h2-4,7,12,14H,5-6,8-9H2,1H3. The van der Waals surface area contributed by atoms with Gasteiger partial charge < -0.3 is 10.2 Å². The summed E-state index contributed by atoms with van der Waals surface area (Å²) in [4.78, 5) is 2.41. The van der Waals surface area contributed by atoms with Crippen molar-refractivity contribution >= 4 is 11.6 Å². The molecule has 1 atom stereocenters. The number of hydrogen-bond acceptors (Lipinski definition) is 2. The summed E-state index contributed by atoms with van der Waals surface area (Å²) in [5.74, 6) is 0. The molecule has 82 valence electrons. The van der Waals surface area contributed by atoms with E-state index >= 15 is 0 Å². The van der Waals surface area contributed by atoms with Crippen molar-refractivity contribution in [3.8, 4) is 0 Å². The predicted octanol–water partition coefficient (Wildman–Crippen LogP) is 1.79. The van der Waals surface area contributed by atoms with Crippen LogP contribution >= 0.6 is 11.6 Å². The maximum atomic E-state index is 5.97. The average molecular weight is 225 g/mol. The number of benzene rings is 1. The molecule has 0 bridgehead atoms. The smallest absolute Gasteiger partial charge is 0.0408 e. The third kappa shape index (κ3) is 2.94. The van der Waals surface area contributed by atoms with Crippen molar-refractivity contribution in [2.45, 2.75) is 12.5 Å². The molecule has 0 radical (unpaired) electrons. The predicted molar refractivity (Wildman–Crippen MR) is 64.4 cm³/mol. The Balaban J connectivity index is 2.01. The molecule has 1 saturated heterocycles. The molecule has 1 aromatic carbocycles. The molecular weight excluding hydrogens is 208 g/mol. The van der Waals surface area contributed by atoms with Crippen LogP contribution in [0, 0.1) is 0 Å². The number of halogens is 1. The summed E-state index contributed by atoms with van der Waals surface area (Å²) in [6.45, 7) is 3.30. The van der Waals surface area contributed by atoms with Crippen LogP contribution in [0.25, 0.3) is 0 Å². The van der Waals surface area contributed by atoms with E-state index in [0.29, 0.717) is 6.04 Å². The molecule has 0 aliphatic carbocycles. The Hall–Kier alpha value is -0.570. The normalized spacial score (nSPS) is 22.9. The molecule has 15 heavy (non-hydrogen) atoms. The zero-order chi connectivity index (χ0) is 10.7. The summed E-state index contributed by atoms with van der Waals surface area (Å²) in [5.41, 5.74) is 1.32. The number of nitrogens with one attached hydrogen (secondary N) is 1. The first kappa shape index (κ1) is 10.9. The summed E-state index contributed by atoms with van der Waals surface area (Å²) in [7, 11) is 2.19. The van der Waals surface area contributed by atoms with Gasteiger partial charge in [-0.2, -0.15) is 0 Å². The number of hydrogen-bond donors (Lipinski definition) is 1. The maximum Gasteiger partial charge on any atom is 0.0408 e. The van der Waals surface area contributed by atoms with Crippen LogP contribution in [0.15, 0.2) is 24.3 Å². The van der Waals surface area contributed by atoms with E-state index in [1.165, 1.54) is 5.56 Å². The van der Waals surface area contributed by atoms with Crippen LogP contribution in [-0.4, -0.2) is 37.6 Å². The summed E-state index contributed by atoms with van der Waals surface area (Å²) in [6, 6.07) is 8.75. The van der Waals surface area contributed by atoms with Crippen molar-refractivity contribution in [1.82, 2.24) is 10.2 Å². The fourth-order valence-electron chi connectivity index (χ4n) is 2.03. The fraction of sp³-hybridized carbons (Fsp3) is 0.500. The van der Waals surface area contributed by atoms with Crippen LogP contribution in [0.5, 0.6) is 0 Å². The van der Waals surface area contributed by atoms with Crippen LogP contribution in [0.1, 0.15) is 5.56 Å². The highest BCUT2D eigenvalue weighted by Crippen LogP contribution is 2.14. The lowest BCUT2D eigenvalue weighted by Gasteiger charge is -2.33. The first-order chi connectivity index (χ1) is 7.25. The lowest BCUT2D eigenvalue weighted by Crippen LogP contribution is -2.50. The second kappa shape index (κ2) is 4.97. The zero-order valence-corrected chi connectivity index (χ0v) is 9.80. The number of piperazine rings is 1. The van der Waals surface area contributed by atoms with Crippen LogP contribution in [0.3, 0.4) is 0 Å². The Morgan fingerprint density at radius 3 is 3.13 bits per heavy atom. The van der Waals surface area contributed by atoms with Gasteiger partial charge in [0, 0.05) is 30.7 Å². The van der Waals surface area contributed by atoms with Gasteiger partial charge in [0.1, 0.15) is 0 Å². The fourth-order valence-corrected chi connectivity index (χ4v) is 2.24. The molecule has 1 aromatic rings. The molecule has 1 unspecified atom stereocenters. The minimum Gasteiger partial charge on any atom is -0.314 e. The van der Waals surface area contributed by atoms with Crippen molar-refractivity contribution in [2.75, 3.05) is 26.7 Å². The highest BCUT2D eigenvalue weighted by Gasteiger charge is 2.18. The Morgan fingerprint density at radius 2 is 2.40 bits per heavy atom. The Labute approximate surface area is 96.2 Å². The van der Waals surface area contributed by atoms with Crippen molar-refractivity contribution in [1.29, 1.82) is 0 Å². The van der Waals surface area contributed by atoms with Gasteiger partial charge in [0.15, 0.2) is 0 Å². The van der Waals surface area contributed by atoms with E-state index in [2.05, 4.69) is 29.4 Å². The molecule has 1 aliphatic heterocycles. The number of likely N-dealkylation sites (N-methyl/N-ethyl adjacent to an activating group) is 1. The van der Waals surface area contributed by atoms with Gasteiger partial charge in [0.2, 0.25) is 0 Å². The van der Waals surface area contributed by atoms with Crippen LogP contribution < -0.4 is 5.32 Å². The van der Waals surface area contributed by atoms with Crippen molar-refractivity contribution in [2.24, 2.45) is 0 Å². The van der Waals surface area contributed by atoms with Gasteiger partial charge in [0.05, 0.1) is 0 Å². The summed E-state index contributed by atoms with van der Waals surface area (Å²) >= 11 is 5.97. The molecule has 1 aliphatic rings. The number of rotatable bonds is 2. The second-order valence-corrected chi connectivity index (χ2v) is 4.61. The van der Waals surface area contributed by atoms with Gasteiger partial charge in [-0.1, -0.05) is 23.7 Å². The van der Waals surface area contributed by atoms with Gasteiger partial charge in [0.25, 0.3) is 0 Å². The monoisotopic (exact) mass is 224 g/mol. The lowest BCUT2D eigenvalue weighted by molar-refractivity contribution is 0.199. The molecule has 1 fully saturated rings. The lowest BCUT2D eigenvalue weighted by atomic mass is 10.0.